The van der Waals surface area contributed by atoms with Crippen molar-refractivity contribution in [3.8, 4) is 55.8 Å². The van der Waals surface area contributed by atoms with Gasteiger partial charge in [-0.25, -0.2) is 0 Å². The van der Waals surface area contributed by atoms with Crippen molar-refractivity contribution < 1.29 is 4.42 Å². The predicted molar refractivity (Wildman–Crippen MR) is 218 cm³/mol. The van der Waals surface area contributed by atoms with Crippen LogP contribution in [0.3, 0.4) is 0 Å². The first-order chi connectivity index (χ1) is 25.7. The fraction of sp³-hybridized carbons (Fsp3) is 0. The van der Waals surface area contributed by atoms with Crippen LogP contribution in [0.4, 0.5) is 17.1 Å². The summed E-state index contributed by atoms with van der Waals surface area (Å²) in [6.45, 7) is 0. The Hall–Kier alpha value is -6.90. The molecule has 1 heterocycles. The molecule has 1 aromatic heterocycles. The fourth-order valence-corrected chi connectivity index (χ4v) is 6.97. The van der Waals surface area contributed by atoms with E-state index in [0.717, 1.165) is 44.9 Å². The van der Waals surface area contributed by atoms with E-state index in [9.17, 15) is 0 Å². The predicted octanol–water partition coefficient (Wildman–Crippen LogP) is 14.2. The topological polar surface area (TPSA) is 16.4 Å². The second-order valence-electron chi connectivity index (χ2n) is 13.0. The van der Waals surface area contributed by atoms with Gasteiger partial charge < -0.3 is 9.32 Å². The maximum atomic E-state index is 6.14. The molecule has 0 aliphatic heterocycles. The molecule has 9 rings (SSSR count). The summed E-state index contributed by atoms with van der Waals surface area (Å²) in [5.41, 5.74) is 14.8. The normalized spacial score (nSPS) is 11.1. The second kappa shape index (κ2) is 13.8. The third-order valence-corrected chi connectivity index (χ3v) is 9.69. The Labute approximate surface area is 304 Å². The van der Waals surface area contributed by atoms with Crippen LogP contribution in [0, 0.1) is 0 Å². The molecular weight excluding hydrogens is 631 g/mol. The van der Waals surface area contributed by atoms with Crippen LogP contribution in [-0.4, -0.2) is 0 Å². The molecule has 0 spiro atoms. The van der Waals surface area contributed by atoms with Crippen molar-refractivity contribution in [3.05, 3.63) is 212 Å². The molecule has 0 atom stereocenters. The quantitative estimate of drug-likeness (QED) is 0.161. The first kappa shape index (κ1) is 31.1. The Morgan fingerprint density at radius 3 is 1.21 bits per heavy atom. The van der Waals surface area contributed by atoms with Gasteiger partial charge in [0.15, 0.2) is 0 Å². The standard InChI is InChI=1S/C50H35NO/c1-3-11-36(12-4-1)41-14-9-15-42(33-41)40-27-31-48(32-28-40)51(46-18-5-2-6-19-46)47-29-25-38(26-30-47)37-21-23-39(24-22-37)43-16-10-17-44(34-43)50-35-45-13-7-8-20-49(45)52-50/h1-35H. The Balaban J connectivity index is 0.967. The second-order valence-corrected chi connectivity index (χ2v) is 13.0. The lowest BCUT2D eigenvalue weighted by molar-refractivity contribution is 0.631. The zero-order chi connectivity index (χ0) is 34.7. The Morgan fingerprint density at radius 2 is 0.654 bits per heavy atom. The van der Waals surface area contributed by atoms with E-state index in [0.29, 0.717) is 0 Å². The van der Waals surface area contributed by atoms with Gasteiger partial charge in [-0.1, -0.05) is 152 Å². The van der Waals surface area contributed by atoms with Crippen LogP contribution in [0.15, 0.2) is 217 Å². The Kier molecular flexibility index (Phi) is 8.24. The molecule has 2 heteroatoms. The lowest BCUT2D eigenvalue weighted by atomic mass is 9.98. The molecule has 0 radical (unpaired) electrons. The Morgan fingerprint density at radius 1 is 0.269 bits per heavy atom. The number of hydrogen-bond acceptors (Lipinski definition) is 2. The highest BCUT2D eigenvalue weighted by molar-refractivity contribution is 5.84. The largest absolute Gasteiger partial charge is 0.456 e. The molecule has 0 aliphatic rings. The number of furan rings is 1. The number of anilines is 3. The minimum absolute atomic E-state index is 0.883. The monoisotopic (exact) mass is 665 g/mol. The average Bonchev–Trinajstić information content (AvgIpc) is 3.67. The van der Waals surface area contributed by atoms with Crippen molar-refractivity contribution >= 4 is 28.0 Å². The molecule has 0 bridgehead atoms. The summed E-state index contributed by atoms with van der Waals surface area (Å²) in [4.78, 5) is 2.31. The van der Waals surface area contributed by atoms with E-state index in [1.165, 1.54) is 38.9 Å². The van der Waals surface area contributed by atoms with E-state index in [2.05, 4.69) is 199 Å². The molecule has 0 N–H and O–H groups in total. The SMILES string of the molecule is c1ccc(-c2cccc(-c3ccc(N(c4ccccc4)c4ccc(-c5ccc(-c6cccc(-c7cc8ccccc8o7)c6)cc5)cc4)cc3)c2)cc1. The summed E-state index contributed by atoms with van der Waals surface area (Å²) in [6.07, 6.45) is 0. The van der Waals surface area contributed by atoms with E-state index < -0.39 is 0 Å². The number of para-hydroxylation sites is 2. The molecule has 246 valence electrons. The third-order valence-electron chi connectivity index (χ3n) is 9.69. The van der Waals surface area contributed by atoms with Crippen LogP contribution in [0.5, 0.6) is 0 Å². The number of benzene rings is 8. The van der Waals surface area contributed by atoms with Gasteiger partial charge in [-0.3, -0.25) is 0 Å². The molecule has 0 unspecified atom stereocenters. The number of fused-ring (bicyclic) bond motifs is 1. The first-order valence-electron chi connectivity index (χ1n) is 17.7. The lowest BCUT2D eigenvalue weighted by Gasteiger charge is -2.26. The molecule has 2 nitrogen and oxygen atoms in total. The van der Waals surface area contributed by atoms with Crippen molar-refractivity contribution in [2.45, 2.75) is 0 Å². The van der Waals surface area contributed by atoms with Gasteiger partial charge in [-0.15, -0.1) is 0 Å². The summed E-state index contributed by atoms with van der Waals surface area (Å²) >= 11 is 0. The van der Waals surface area contributed by atoms with Crippen LogP contribution in [0.25, 0.3) is 66.8 Å². The number of nitrogens with zero attached hydrogens (tertiary/aromatic N) is 1. The smallest absolute Gasteiger partial charge is 0.135 e. The molecule has 9 aromatic rings. The summed E-state index contributed by atoms with van der Waals surface area (Å²) in [7, 11) is 0. The van der Waals surface area contributed by atoms with Crippen LogP contribution in [-0.2, 0) is 0 Å². The average molecular weight is 666 g/mol. The van der Waals surface area contributed by atoms with Crippen molar-refractivity contribution in [2.24, 2.45) is 0 Å². The van der Waals surface area contributed by atoms with Gasteiger partial charge in [0.1, 0.15) is 11.3 Å². The van der Waals surface area contributed by atoms with E-state index in [1.807, 2.05) is 18.2 Å². The van der Waals surface area contributed by atoms with Gasteiger partial charge in [-0.05, 0) is 105 Å². The van der Waals surface area contributed by atoms with Crippen LogP contribution in [0.2, 0.25) is 0 Å². The maximum Gasteiger partial charge on any atom is 0.135 e. The van der Waals surface area contributed by atoms with Gasteiger partial charge in [0.2, 0.25) is 0 Å². The highest BCUT2D eigenvalue weighted by Crippen LogP contribution is 2.38. The molecule has 8 aromatic carbocycles. The maximum absolute atomic E-state index is 6.14. The molecule has 0 fully saturated rings. The van der Waals surface area contributed by atoms with E-state index in [-0.39, 0.29) is 0 Å². The minimum Gasteiger partial charge on any atom is -0.456 e. The summed E-state index contributed by atoms with van der Waals surface area (Å²) in [5.74, 6) is 0.883. The van der Waals surface area contributed by atoms with Crippen molar-refractivity contribution in [1.82, 2.24) is 0 Å². The molecule has 52 heavy (non-hydrogen) atoms. The fourth-order valence-electron chi connectivity index (χ4n) is 6.97. The lowest BCUT2D eigenvalue weighted by Crippen LogP contribution is -2.09. The van der Waals surface area contributed by atoms with Gasteiger partial charge in [0.05, 0.1) is 0 Å². The van der Waals surface area contributed by atoms with Gasteiger partial charge in [0.25, 0.3) is 0 Å². The van der Waals surface area contributed by atoms with E-state index >= 15 is 0 Å². The molecule has 0 aliphatic carbocycles. The summed E-state index contributed by atoms with van der Waals surface area (Å²) in [5, 5.41) is 1.11. The summed E-state index contributed by atoms with van der Waals surface area (Å²) in [6, 6.07) is 75.2. The van der Waals surface area contributed by atoms with E-state index in [1.54, 1.807) is 0 Å². The minimum atomic E-state index is 0.883. The van der Waals surface area contributed by atoms with Crippen molar-refractivity contribution in [1.29, 1.82) is 0 Å². The van der Waals surface area contributed by atoms with E-state index in [4.69, 9.17) is 4.42 Å². The summed E-state index contributed by atoms with van der Waals surface area (Å²) < 4.78 is 6.14. The van der Waals surface area contributed by atoms with Crippen LogP contribution < -0.4 is 4.90 Å². The molecule has 0 saturated heterocycles. The highest BCUT2D eigenvalue weighted by atomic mass is 16.3. The number of hydrogen-bond donors (Lipinski definition) is 0. The third kappa shape index (κ3) is 6.30. The van der Waals surface area contributed by atoms with Crippen LogP contribution >= 0.6 is 0 Å². The van der Waals surface area contributed by atoms with Crippen molar-refractivity contribution in [3.63, 3.8) is 0 Å². The first-order valence-corrected chi connectivity index (χ1v) is 17.7. The molecule has 0 saturated carbocycles. The zero-order valence-corrected chi connectivity index (χ0v) is 28.6. The Bertz CT molecular complexity index is 2550. The van der Waals surface area contributed by atoms with Gasteiger partial charge >= 0.3 is 0 Å². The molecule has 0 amide bonds. The van der Waals surface area contributed by atoms with Crippen molar-refractivity contribution in [2.75, 3.05) is 4.90 Å². The number of rotatable bonds is 8. The van der Waals surface area contributed by atoms with Gasteiger partial charge in [-0.2, -0.15) is 0 Å². The highest BCUT2D eigenvalue weighted by Gasteiger charge is 2.14. The van der Waals surface area contributed by atoms with Crippen LogP contribution in [0.1, 0.15) is 0 Å². The zero-order valence-electron chi connectivity index (χ0n) is 28.6. The molecular formula is C50H35NO. The van der Waals surface area contributed by atoms with Gasteiger partial charge in [0, 0.05) is 28.0 Å².